The summed E-state index contributed by atoms with van der Waals surface area (Å²) in [6, 6.07) is 4.05. The standard InChI is InChI=1S/C17H23N3O3/c1-21-11-17-19-13-7-15-16(23-6-5-22-15)8-14(13)20(17)10-12-3-2-4-18-9-12/h7-8,12,18H,2-6,9-11H2,1H3. The quantitative estimate of drug-likeness (QED) is 0.934. The van der Waals surface area contributed by atoms with E-state index in [-0.39, 0.29) is 0 Å². The summed E-state index contributed by atoms with van der Waals surface area (Å²) < 4.78 is 19.0. The zero-order chi connectivity index (χ0) is 15.6. The number of nitrogens with zero attached hydrogens (tertiary/aromatic N) is 2. The highest BCUT2D eigenvalue weighted by Crippen LogP contribution is 2.35. The summed E-state index contributed by atoms with van der Waals surface area (Å²) in [5, 5.41) is 3.49. The maximum atomic E-state index is 5.74. The molecule has 1 fully saturated rings. The fourth-order valence-corrected chi connectivity index (χ4v) is 3.49. The first-order valence-corrected chi connectivity index (χ1v) is 8.33. The highest BCUT2D eigenvalue weighted by Gasteiger charge is 2.21. The molecule has 1 unspecified atom stereocenters. The number of hydrogen-bond acceptors (Lipinski definition) is 5. The second kappa shape index (κ2) is 6.37. The number of nitrogens with one attached hydrogen (secondary N) is 1. The Labute approximate surface area is 135 Å². The van der Waals surface area contributed by atoms with Crippen LogP contribution in [0, 0.1) is 5.92 Å². The highest BCUT2D eigenvalue weighted by molar-refractivity contribution is 5.80. The van der Waals surface area contributed by atoms with Crippen LogP contribution in [0.25, 0.3) is 11.0 Å². The molecule has 1 aromatic heterocycles. The lowest BCUT2D eigenvalue weighted by Crippen LogP contribution is -2.32. The normalized spacial score (nSPS) is 20.8. The lowest BCUT2D eigenvalue weighted by molar-refractivity contribution is 0.171. The largest absolute Gasteiger partial charge is 0.486 e. The molecule has 0 saturated carbocycles. The van der Waals surface area contributed by atoms with Gasteiger partial charge in [0.1, 0.15) is 25.6 Å². The molecule has 2 aliphatic rings. The first-order valence-electron chi connectivity index (χ1n) is 8.33. The van der Waals surface area contributed by atoms with E-state index < -0.39 is 0 Å². The van der Waals surface area contributed by atoms with Gasteiger partial charge in [-0.15, -0.1) is 0 Å². The SMILES string of the molecule is COCc1nc2cc3c(cc2n1CC1CCCNC1)OCCO3. The molecule has 6 nitrogen and oxygen atoms in total. The lowest BCUT2D eigenvalue weighted by atomic mass is 9.99. The second-order valence-corrected chi connectivity index (χ2v) is 6.27. The minimum absolute atomic E-state index is 0.515. The molecule has 4 rings (SSSR count). The third kappa shape index (κ3) is 2.88. The van der Waals surface area contributed by atoms with Gasteiger partial charge in [-0.3, -0.25) is 0 Å². The molecule has 0 bridgehead atoms. The van der Waals surface area contributed by atoms with Gasteiger partial charge in [0.15, 0.2) is 11.5 Å². The molecule has 6 heteroatoms. The molecule has 3 heterocycles. The van der Waals surface area contributed by atoms with Crippen molar-refractivity contribution in [2.45, 2.75) is 26.0 Å². The number of hydrogen-bond donors (Lipinski definition) is 1. The van der Waals surface area contributed by atoms with Gasteiger partial charge < -0.3 is 24.1 Å². The Morgan fingerprint density at radius 1 is 1.30 bits per heavy atom. The van der Waals surface area contributed by atoms with Crippen LogP contribution >= 0.6 is 0 Å². The molecule has 1 atom stereocenters. The summed E-state index contributed by atoms with van der Waals surface area (Å²) in [5.74, 6) is 3.20. The predicted molar refractivity (Wildman–Crippen MR) is 87.0 cm³/mol. The van der Waals surface area contributed by atoms with Gasteiger partial charge >= 0.3 is 0 Å². The first-order chi connectivity index (χ1) is 11.3. The molecule has 1 N–H and O–H groups in total. The van der Waals surface area contributed by atoms with Gasteiger partial charge in [-0.25, -0.2) is 4.98 Å². The minimum atomic E-state index is 0.515. The molecule has 0 radical (unpaired) electrons. The molecular weight excluding hydrogens is 294 g/mol. The topological polar surface area (TPSA) is 57.5 Å². The van der Waals surface area contributed by atoms with Crippen LogP contribution < -0.4 is 14.8 Å². The zero-order valence-corrected chi connectivity index (χ0v) is 13.5. The summed E-state index contributed by atoms with van der Waals surface area (Å²) in [5.41, 5.74) is 2.05. The molecule has 23 heavy (non-hydrogen) atoms. The smallest absolute Gasteiger partial charge is 0.163 e. The van der Waals surface area contributed by atoms with Gasteiger partial charge in [0.05, 0.1) is 11.0 Å². The fraction of sp³-hybridized carbons (Fsp3) is 0.588. The van der Waals surface area contributed by atoms with Crippen molar-refractivity contribution in [3.05, 3.63) is 18.0 Å². The molecule has 0 aliphatic carbocycles. The van der Waals surface area contributed by atoms with Crippen molar-refractivity contribution in [2.24, 2.45) is 5.92 Å². The van der Waals surface area contributed by atoms with E-state index in [0.717, 1.165) is 48.0 Å². The van der Waals surface area contributed by atoms with E-state index in [1.807, 2.05) is 6.07 Å². The van der Waals surface area contributed by atoms with Crippen molar-refractivity contribution in [3.8, 4) is 11.5 Å². The summed E-state index contributed by atoms with van der Waals surface area (Å²) in [4.78, 5) is 4.76. The van der Waals surface area contributed by atoms with Crippen LogP contribution in [0.4, 0.5) is 0 Å². The number of imidazole rings is 1. The van der Waals surface area contributed by atoms with E-state index in [9.17, 15) is 0 Å². The number of fused-ring (bicyclic) bond motifs is 2. The molecule has 1 saturated heterocycles. The van der Waals surface area contributed by atoms with Gasteiger partial charge in [0, 0.05) is 25.8 Å². The summed E-state index contributed by atoms with van der Waals surface area (Å²) in [6.07, 6.45) is 2.49. The van der Waals surface area contributed by atoms with Crippen LogP contribution in [0.1, 0.15) is 18.7 Å². The Balaban J connectivity index is 1.73. The van der Waals surface area contributed by atoms with E-state index in [1.165, 1.54) is 12.8 Å². The van der Waals surface area contributed by atoms with E-state index in [0.29, 0.717) is 25.7 Å². The van der Waals surface area contributed by atoms with Crippen LogP contribution in [0.5, 0.6) is 11.5 Å². The van der Waals surface area contributed by atoms with Crippen molar-refractivity contribution < 1.29 is 14.2 Å². The summed E-state index contributed by atoms with van der Waals surface area (Å²) in [7, 11) is 1.71. The maximum absolute atomic E-state index is 5.74. The molecule has 2 aliphatic heterocycles. The van der Waals surface area contributed by atoms with Crippen molar-refractivity contribution >= 4 is 11.0 Å². The van der Waals surface area contributed by atoms with Gasteiger partial charge in [-0.1, -0.05) is 0 Å². The van der Waals surface area contributed by atoms with E-state index in [4.69, 9.17) is 19.2 Å². The number of ether oxygens (including phenoxy) is 3. The monoisotopic (exact) mass is 317 g/mol. The fourth-order valence-electron chi connectivity index (χ4n) is 3.49. The molecule has 0 amide bonds. The lowest BCUT2D eigenvalue weighted by Gasteiger charge is -2.24. The van der Waals surface area contributed by atoms with Crippen LogP contribution in [0.15, 0.2) is 12.1 Å². The van der Waals surface area contributed by atoms with Crippen LogP contribution in [0.2, 0.25) is 0 Å². The number of piperidine rings is 1. The maximum Gasteiger partial charge on any atom is 0.163 e. The van der Waals surface area contributed by atoms with Gasteiger partial charge in [-0.05, 0) is 31.8 Å². The van der Waals surface area contributed by atoms with E-state index >= 15 is 0 Å². The van der Waals surface area contributed by atoms with E-state index in [1.54, 1.807) is 7.11 Å². The molecule has 1 aromatic carbocycles. The average molecular weight is 317 g/mol. The van der Waals surface area contributed by atoms with Crippen LogP contribution in [-0.2, 0) is 17.9 Å². The van der Waals surface area contributed by atoms with E-state index in [2.05, 4.69) is 16.0 Å². The first kappa shape index (κ1) is 14.8. The molecule has 124 valence electrons. The van der Waals surface area contributed by atoms with Crippen molar-refractivity contribution in [1.29, 1.82) is 0 Å². The van der Waals surface area contributed by atoms with Crippen molar-refractivity contribution in [3.63, 3.8) is 0 Å². The Morgan fingerprint density at radius 3 is 2.87 bits per heavy atom. The molecule has 2 aromatic rings. The number of rotatable bonds is 4. The Kier molecular flexibility index (Phi) is 4.10. The Hall–Kier alpha value is -1.79. The second-order valence-electron chi connectivity index (χ2n) is 6.27. The number of benzene rings is 1. The van der Waals surface area contributed by atoms with Crippen LogP contribution in [-0.4, -0.2) is 43.0 Å². The number of methoxy groups -OCH3 is 1. The molecular formula is C17H23N3O3. The third-order valence-electron chi connectivity index (χ3n) is 4.60. The predicted octanol–water partition coefficient (Wildman–Crippen LogP) is 1.95. The Morgan fingerprint density at radius 2 is 2.13 bits per heavy atom. The minimum Gasteiger partial charge on any atom is -0.486 e. The summed E-state index contributed by atoms with van der Waals surface area (Å²) in [6.45, 7) is 4.87. The van der Waals surface area contributed by atoms with Crippen LogP contribution in [0.3, 0.4) is 0 Å². The van der Waals surface area contributed by atoms with Gasteiger partial charge in [0.2, 0.25) is 0 Å². The summed E-state index contributed by atoms with van der Waals surface area (Å²) >= 11 is 0. The van der Waals surface area contributed by atoms with Crippen molar-refractivity contribution in [2.75, 3.05) is 33.4 Å². The van der Waals surface area contributed by atoms with Gasteiger partial charge in [0.25, 0.3) is 0 Å². The number of aromatic nitrogens is 2. The Bertz CT molecular complexity index is 692. The van der Waals surface area contributed by atoms with Gasteiger partial charge in [-0.2, -0.15) is 0 Å². The molecule has 0 spiro atoms. The highest BCUT2D eigenvalue weighted by atomic mass is 16.6. The zero-order valence-electron chi connectivity index (χ0n) is 13.5. The third-order valence-corrected chi connectivity index (χ3v) is 4.60. The van der Waals surface area contributed by atoms with Crippen molar-refractivity contribution in [1.82, 2.24) is 14.9 Å². The average Bonchev–Trinajstić information content (AvgIpc) is 2.91.